The van der Waals surface area contributed by atoms with Gasteiger partial charge in [-0.15, -0.1) is 0 Å². The number of rotatable bonds is 8. The van der Waals surface area contributed by atoms with Crippen molar-refractivity contribution >= 4 is 84.3 Å². The number of hydrazine groups is 1. The molecule has 4 N–H and O–H groups in total. The number of anilines is 1. The molecular weight excluding hydrogens is 823 g/mol. The fraction of sp³-hybridized carbons (Fsp3) is 0.121. The van der Waals surface area contributed by atoms with Crippen molar-refractivity contribution in [2.75, 3.05) is 26.8 Å². The number of Topliss-reactive ketones (excluding diaryl/α,β-unsaturated/α-hetero) is 2. The Hall–Kier alpha value is -4.51. The zero-order chi connectivity index (χ0) is 37.2. The van der Waals surface area contributed by atoms with Gasteiger partial charge in [0.25, 0.3) is 0 Å². The SMILES string of the molecule is CO.COC(=O)C(=O)CC(=O)c1ccc(Br)cn1.COC(=O)c1cc(-c2ccc(Br)cn2)n(-c2ccccc2Cl)n1.NNc1ccccc1Cl. The van der Waals surface area contributed by atoms with Crippen LogP contribution in [0.4, 0.5) is 5.69 Å². The minimum atomic E-state index is -1.02. The van der Waals surface area contributed by atoms with Crippen molar-refractivity contribution < 1.29 is 33.8 Å². The number of aliphatic hydroxyl groups excluding tert-OH is 1. The third-order valence-corrected chi connectivity index (χ3v) is 7.54. The van der Waals surface area contributed by atoms with Crippen LogP contribution in [0.25, 0.3) is 17.1 Å². The molecule has 0 unspecified atom stereocenters. The number of aliphatic hydroxyl groups is 1. The number of aromatic nitrogens is 4. The van der Waals surface area contributed by atoms with E-state index in [9.17, 15) is 19.2 Å². The summed E-state index contributed by atoms with van der Waals surface area (Å²) in [6, 6.07) is 23.0. The zero-order valence-electron chi connectivity index (χ0n) is 26.6. The summed E-state index contributed by atoms with van der Waals surface area (Å²) in [5, 5.41) is 12.5. The van der Waals surface area contributed by atoms with Crippen LogP contribution >= 0.6 is 55.1 Å². The molecule has 5 rings (SSSR count). The molecule has 2 aromatic carbocycles. The highest BCUT2D eigenvalue weighted by Crippen LogP contribution is 2.27. The predicted octanol–water partition coefficient (Wildman–Crippen LogP) is 6.53. The number of benzene rings is 2. The molecule has 13 nitrogen and oxygen atoms in total. The lowest BCUT2D eigenvalue weighted by Gasteiger charge is -2.08. The Morgan fingerprint density at radius 3 is 1.92 bits per heavy atom. The number of halogens is 4. The second-order valence-corrected chi connectivity index (χ2v) is 11.8. The fourth-order valence-electron chi connectivity index (χ4n) is 3.64. The lowest BCUT2D eigenvalue weighted by atomic mass is 10.1. The normalized spacial score (nSPS) is 9.70. The topological polar surface area (TPSA) is 189 Å². The molecule has 0 aliphatic heterocycles. The average molecular weight is 853 g/mol. The summed E-state index contributed by atoms with van der Waals surface area (Å²) in [5.41, 5.74) is 5.50. The van der Waals surface area contributed by atoms with E-state index in [1.807, 2.05) is 48.5 Å². The van der Waals surface area contributed by atoms with Gasteiger partial charge in [-0.25, -0.2) is 14.3 Å². The number of methoxy groups -OCH3 is 2. The molecule has 262 valence electrons. The van der Waals surface area contributed by atoms with Gasteiger partial charge in [-0.3, -0.25) is 25.4 Å². The molecule has 0 amide bonds. The second-order valence-electron chi connectivity index (χ2n) is 9.13. The van der Waals surface area contributed by atoms with E-state index < -0.39 is 29.9 Å². The van der Waals surface area contributed by atoms with Crippen molar-refractivity contribution in [2.24, 2.45) is 5.84 Å². The van der Waals surface area contributed by atoms with Crippen LogP contribution in [0.3, 0.4) is 0 Å². The Labute approximate surface area is 314 Å². The van der Waals surface area contributed by atoms with E-state index in [1.54, 1.807) is 35.1 Å². The van der Waals surface area contributed by atoms with Gasteiger partial charge in [-0.1, -0.05) is 47.5 Å². The van der Waals surface area contributed by atoms with Crippen LogP contribution in [0, 0.1) is 0 Å². The number of nitrogens with zero attached hydrogens (tertiary/aromatic N) is 4. The highest BCUT2D eigenvalue weighted by Gasteiger charge is 2.20. The van der Waals surface area contributed by atoms with Crippen LogP contribution in [0.1, 0.15) is 27.4 Å². The number of ketones is 2. The van der Waals surface area contributed by atoms with E-state index in [0.29, 0.717) is 27.1 Å². The molecule has 50 heavy (non-hydrogen) atoms. The van der Waals surface area contributed by atoms with Crippen molar-refractivity contribution in [1.82, 2.24) is 19.7 Å². The summed E-state index contributed by atoms with van der Waals surface area (Å²) in [4.78, 5) is 53.4. The highest BCUT2D eigenvalue weighted by atomic mass is 79.9. The number of carbonyl (C=O) groups excluding carboxylic acids is 4. The van der Waals surface area contributed by atoms with E-state index in [4.69, 9.17) is 38.9 Å². The maximum Gasteiger partial charge on any atom is 0.374 e. The third-order valence-electron chi connectivity index (χ3n) is 5.95. The number of hydrogen-bond acceptors (Lipinski definition) is 12. The van der Waals surface area contributed by atoms with Gasteiger partial charge < -0.3 is 20.0 Å². The Morgan fingerprint density at radius 2 is 1.42 bits per heavy atom. The van der Waals surface area contributed by atoms with Gasteiger partial charge in [0.15, 0.2) is 11.5 Å². The molecule has 3 heterocycles. The molecule has 0 aliphatic carbocycles. The minimum Gasteiger partial charge on any atom is -0.464 e. The minimum absolute atomic E-state index is 0.139. The quantitative estimate of drug-likeness (QED) is 0.0383. The standard InChI is InChI=1S/C16H11BrClN3O2.C10H8BrNO4.C6H7ClN2.CH4O/c1-23-16(22)13-8-15(12-7-6-10(17)9-19-12)21(20-13)14-5-3-2-4-11(14)18;1-16-10(15)9(14)4-8(13)7-3-2-6(11)5-12-7;7-5-3-1-2-4-6(5)9-8;1-2/h2-9H,1H3;2-3,5H,4H2,1H3;1-4,9H,8H2;2H,1H3. The molecule has 3 aromatic heterocycles. The van der Waals surface area contributed by atoms with Crippen molar-refractivity contribution in [3.05, 3.63) is 122 Å². The van der Waals surface area contributed by atoms with Crippen LogP contribution < -0.4 is 11.3 Å². The van der Waals surface area contributed by atoms with E-state index in [2.05, 4.69) is 57.1 Å². The summed E-state index contributed by atoms with van der Waals surface area (Å²) >= 11 is 18.5. The molecule has 0 radical (unpaired) electrons. The Kier molecular flexibility index (Phi) is 18.0. The maximum atomic E-state index is 11.8. The largest absolute Gasteiger partial charge is 0.464 e. The molecule has 0 bridgehead atoms. The summed E-state index contributed by atoms with van der Waals surface area (Å²) in [5.74, 6) is 2.19. The number of esters is 2. The van der Waals surface area contributed by atoms with E-state index in [-0.39, 0.29) is 11.4 Å². The van der Waals surface area contributed by atoms with Gasteiger partial charge in [-0.05, 0) is 80.4 Å². The Morgan fingerprint density at radius 1 is 0.820 bits per heavy atom. The first-order valence-electron chi connectivity index (χ1n) is 14.0. The van der Waals surface area contributed by atoms with Crippen LogP contribution in [0.5, 0.6) is 0 Å². The lowest BCUT2D eigenvalue weighted by Crippen LogP contribution is -2.19. The second kappa shape index (κ2) is 21.5. The molecular formula is C33H30Br2Cl2N6O7. The summed E-state index contributed by atoms with van der Waals surface area (Å²) in [6.07, 6.45) is 2.59. The molecule has 0 saturated heterocycles. The van der Waals surface area contributed by atoms with Crippen molar-refractivity contribution in [3.8, 4) is 17.1 Å². The average Bonchev–Trinajstić information content (AvgIpc) is 3.58. The molecule has 0 saturated carbocycles. The number of nitrogen functional groups attached to an aromatic ring is 1. The smallest absolute Gasteiger partial charge is 0.374 e. The molecule has 17 heteroatoms. The summed E-state index contributed by atoms with van der Waals surface area (Å²) in [7, 11) is 3.40. The van der Waals surface area contributed by atoms with Gasteiger partial charge >= 0.3 is 11.9 Å². The number of nitrogens with one attached hydrogen (secondary N) is 1. The molecule has 0 aliphatic rings. The molecule has 0 spiro atoms. The lowest BCUT2D eigenvalue weighted by molar-refractivity contribution is -0.151. The molecule has 0 fully saturated rings. The van der Waals surface area contributed by atoms with Crippen LogP contribution in [0.15, 0.2) is 100 Å². The monoisotopic (exact) mass is 850 g/mol. The first kappa shape index (κ1) is 41.7. The first-order chi connectivity index (χ1) is 24.0. The Bertz CT molecular complexity index is 1890. The predicted molar refractivity (Wildman–Crippen MR) is 196 cm³/mol. The zero-order valence-corrected chi connectivity index (χ0v) is 31.3. The van der Waals surface area contributed by atoms with Gasteiger partial charge in [0.2, 0.25) is 5.78 Å². The number of carbonyl (C=O) groups is 4. The van der Waals surface area contributed by atoms with Crippen molar-refractivity contribution in [1.29, 1.82) is 0 Å². The van der Waals surface area contributed by atoms with E-state index in [0.717, 1.165) is 28.9 Å². The van der Waals surface area contributed by atoms with Crippen LogP contribution in [-0.4, -0.2) is 69.7 Å². The molecule has 5 aromatic rings. The van der Waals surface area contributed by atoms with Gasteiger partial charge in [0, 0.05) is 34.5 Å². The van der Waals surface area contributed by atoms with Crippen LogP contribution in [-0.2, 0) is 19.1 Å². The van der Waals surface area contributed by atoms with Gasteiger partial charge in [0.05, 0.1) is 53.4 Å². The number of para-hydroxylation sites is 2. The Balaban J connectivity index is 0.000000278. The van der Waals surface area contributed by atoms with Gasteiger partial charge in [0.1, 0.15) is 5.69 Å². The first-order valence-corrected chi connectivity index (χ1v) is 16.3. The maximum absolute atomic E-state index is 11.8. The molecule has 0 atom stereocenters. The van der Waals surface area contributed by atoms with Crippen LogP contribution in [0.2, 0.25) is 10.0 Å². The summed E-state index contributed by atoms with van der Waals surface area (Å²) < 4.78 is 12.1. The van der Waals surface area contributed by atoms with E-state index >= 15 is 0 Å². The fourth-order valence-corrected chi connectivity index (χ4v) is 4.52. The van der Waals surface area contributed by atoms with E-state index in [1.165, 1.54) is 19.4 Å². The number of hydrogen-bond donors (Lipinski definition) is 3. The number of pyridine rings is 2. The van der Waals surface area contributed by atoms with Gasteiger partial charge in [-0.2, -0.15) is 5.10 Å². The third kappa shape index (κ3) is 12.4. The number of nitrogens with two attached hydrogens (primary N) is 1. The van der Waals surface area contributed by atoms with Crippen molar-refractivity contribution in [2.45, 2.75) is 6.42 Å². The summed E-state index contributed by atoms with van der Waals surface area (Å²) in [6.45, 7) is 0. The highest BCUT2D eigenvalue weighted by molar-refractivity contribution is 9.10. The number of ether oxygens (including phenoxy) is 2. The van der Waals surface area contributed by atoms with Crippen molar-refractivity contribution in [3.63, 3.8) is 0 Å².